The van der Waals surface area contributed by atoms with Crippen molar-refractivity contribution >= 4 is 16.9 Å². The normalized spacial score (nSPS) is 10.2. The summed E-state index contributed by atoms with van der Waals surface area (Å²) in [6.07, 6.45) is 3.50. The lowest BCUT2D eigenvalue weighted by Crippen LogP contribution is -1.91. The second-order valence-corrected chi connectivity index (χ2v) is 7.67. The molecule has 144 valence electrons. The van der Waals surface area contributed by atoms with Gasteiger partial charge >= 0.3 is 0 Å². The lowest BCUT2D eigenvalue weighted by atomic mass is 10.1. The molecule has 4 aromatic rings. The van der Waals surface area contributed by atoms with E-state index in [4.69, 9.17) is 0 Å². The predicted octanol–water partition coefficient (Wildman–Crippen LogP) is 5.24. The first-order chi connectivity index (χ1) is 14.7. The number of thioether (sulfide) groups is 1. The summed E-state index contributed by atoms with van der Waals surface area (Å²) in [7, 11) is 0. The van der Waals surface area contributed by atoms with Crippen LogP contribution in [-0.2, 0) is 4.79 Å². The van der Waals surface area contributed by atoms with Gasteiger partial charge in [0.05, 0.1) is 22.8 Å². The summed E-state index contributed by atoms with van der Waals surface area (Å²) in [5.41, 5.74) is 4.92. The zero-order valence-electron chi connectivity index (χ0n) is 16.2. The van der Waals surface area contributed by atoms with Gasteiger partial charge in [-0.25, -0.2) is 4.98 Å². The molecule has 0 spiro atoms. The Hall–Kier alpha value is -3.75. The number of hydrogen-bond donors (Lipinski definition) is 0. The highest BCUT2D eigenvalue weighted by Crippen LogP contribution is 2.20. The molecule has 5 heteroatoms. The molecule has 0 saturated carbocycles. The number of carbonyl (C=O) groups excluding carboxylic acids is 1. The summed E-state index contributed by atoms with van der Waals surface area (Å²) in [4.78, 5) is 25.6. The number of aromatic nitrogens is 3. The van der Waals surface area contributed by atoms with Crippen LogP contribution in [0.1, 0.15) is 18.1 Å². The van der Waals surface area contributed by atoms with Crippen LogP contribution in [0.4, 0.5) is 0 Å². The van der Waals surface area contributed by atoms with Gasteiger partial charge in [-0.2, -0.15) is 0 Å². The van der Waals surface area contributed by atoms with Crippen LogP contribution in [0.5, 0.6) is 0 Å². The van der Waals surface area contributed by atoms with Crippen LogP contribution < -0.4 is 0 Å². The Morgan fingerprint density at radius 2 is 1.40 bits per heavy atom. The van der Waals surface area contributed by atoms with Crippen molar-refractivity contribution in [3.63, 3.8) is 0 Å². The molecule has 0 amide bonds. The van der Waals surface area contributed by atoms with Crippen molar-refractivity contribution in [2.24, 2.45) is 0 Å². The molecule has 0 bridgehead atoms. The third-order valence-electron chi connectivity index (χ3n) is 4.17. The minimum atomic E-state index is 0.0695. The van der Waals surface area contributed by atoms with E-state index in [1.54, 1.807) is 19.3 Å². The fourth-order valence-electron chi connectivity index (χ4n) is 2.77. The van der Waals surface area contributed by atoms with Gasteiger partial charge in [0, 0.05) is 35.3 Å². The van der Waals surface area contributed by atoms with Crippen LogP contribution in [0.3, 0.4) is 0 Å². The molecule has 4 rings (SSSR count). The number of nitrogens with zero attached hydrogens (tertiary/aromatic N) is 3. The van der Waals surface area contributed by atoms with E-state index in [9.17, 15) is 4.79 Å². The summed E-state index contributed by atoms with van der Waals surface area (Å²) >= 11 is 1.21. The molecule has 4 nitrogen and oxygen atoms in total. The molecule has 0 N–H and O–H groups in total. The molecular formula is C25H17N3OS. The zero-order valence-corrected chi connectivity index (χ0v) is 17.1. The molecule has 3 heterocycles. The number of pyridine rings is 3. The molecule has 30 heavy (non-hydrogen) atoms. The van der Waals surface area contributed by atoms with E-state index < -0.39 is 0 Å². The summed E-state index contributed by atoms with van der Waals surface area (Å²) in [5.74, 6) is 6.24. The van der Waals surface area contributed by atoms with E-state index in [0.717, 1.165) is 38.8 Å². The van der Waals surface area contributed by atoms with Crippen LogP contribution >= 0.6 is 11.8 Å². The lowest BCUT2D eigenvalue weighted by molar-refractivity contribution is -0.109. The van der Waals surface area contributed by atoms with Gasteiger partial charge in [0.2, 0.25) is 0 Å². The SMILES string of the molecule is CC(=O)Sc1ccc(C#Cc2ccc(-c3cccc(-c4ccccn4)n3)nc2)cc1. The van der Waals surface area contributed by atoms with E-state index in [2.05, 4.69) is 26.8 Å². The number of benzene rings is 1. The van der Waals surface area contributed by atoms with Crippen LogP contribution in [0.15, 0.2) is 90.1 Å². The van der Waals surface area contributed by atoms with E-state index in [1.165, 1.54) is 11.8 Å². The maximum atomic E-state index is 11.2. The summed E-state index contributed by atoms with van der Waals surface area (Å²) in [5, 5.41) is 0.0695. The second-order valence-electron chi connectivity index (χ2n) is 6.42. The molecule has 0 unspecified atom stereocenters. The van der Waals surface area contributed by atoms with Gasteiger partial charge in [-0.3, -0.25) is 14.8 Å². The Balaban J connectivity index is 1.50. The van der Waals surface area contributed by atoms with Crippen LogP contribution in [0, 0.1) is 11.8 Å². The fraction of sp³-hybridized carbons (Fsp3) is 0.0400. The Bertz CT molecular complexity index is 1230. The van der Waals surface area contributed by atoms with Gasteiger partial charge in [-0.1, -0.05) is 35.7 Å². The maximum absolute atomic E-state index is 11.2. The monoisotopic (exact) mass is 407 g/mol. The molecule has 0 saturated heterocycles. The first kappa shape index (κ1) is 19.6. The summed E-state index contributed by atoms with van der Waals surface area (Å²) in [6.45, 7) is 1.55. The second kappa shape index (κ2) is 9.17. The molecular weight excluding hydrogens is 390 g/mol. The van der Waals surface area contributed by atoms with Crippen LogP contribution in [0.25, 0.3) is 22.8 Å². The molecule has 0 atom stereocenters. The zero-order chi connectivity index (χ0) is 20.8. The average Bonchev–Trinajstić information content (AvgIpc) is 2.79. The smallest absolute Gasteiger partial charge is 0.190 e. The Morgan fingerprint density at radius 3 is 2.03 bits per heavy atom. The molecule has 0 fully saturated rings. The van der Waals surface area contributed by atoms with Crippen molar-refractivity contribution < 1.29 is 4.79 Å². The van der Waals surface area contributed by atoms with Crippen molar-refractivity contribution in [1.29, 1.82) is 0 Å². The van der Waals surface area contributed by atoms with Gasteiger partial charge in [0.15, 0.2) is 5.12 Å². The fourth-order valence-corrected chi connectivity index (χ4v) is 3.37. The minimum absolute atomic E-state index is 0.0695. The standard InChI is InChI=1S/C25H17N3OS/c1-18(29)30-21-13-10-19(11-14-21)8-9-20-12-15-23(27-17-20)25-7-4-6-24(28-25)22-5-2-3-16-26-22/h2-7,10-17H,1H3. The predicted molar refractivity (Wildman–Crippen MR) is 120 cm³/mol. The van der Waals surface area contributed by atoms with E-state index in [1.807, 2.05) is 72.8 Å². The van der Waals surface area contributed by atoms with Crippen LogP contribution in [-0.4, -0.2) is 20.1 Å². The average molecular weight is 407 g/mol. The van der Waals surface area contributed by atoms with Crippen molar-refractivity contribution in [3.05, 3.63) is 96.3 Å². The van der Waals surface area contributed by atoms with Gasteiger partial charge in [0.1, 0.15) is 0 Å². The Morgan fingerprint density at radius 1 is 0.733 bits per heavy atom. The quantitative estimate of drug-likeness (QED) is 0.343. The maximum Gasteiger partial charge on any atom is 0.190 e. The number of hydrogen-bond acceptors (Lipinski definition) is 5. The van der Waals surface area contributed by atoms with Crippen molar-refractivity contribution in [3.8, 4) is 34.6 Å². The topological polar surface area (TPSA) is 55.7 Å². The van der Waals surface area contributed by atoms with Crippen molar-refractivity contribution in [2.75, 3.05) is 0 Å². The summed E-state index contributed by atoms with van der Waals surface area (Å²) in [6, 6.07) is 23.1. The summed E-state index contributed by atoms with van der Waals surface area (Å²) < 4.78 is 0. The molecule has 0 aliphatic heterocycles. The van der Waals surface area contributed by atoms with Crippen molar-refractivity contribution in [2.45, 2.75) is 11.8 Å². The lowest BCUT2D eigenvalue weighted by Gasteiger charge is -2.04. The van der Waals surface area contributed by atoms with Gasteiger partial charge in [-0.15, -0.1) is 0 Å². The third kappa shape index (κ3) is 4.99. The highest BCUT2D eigenvalue weighted by molar-refractivity contribution is 8.13. The molecule has 1 aromatic carbocycles. The highest BCUT2D eigenvalue weighted by Gasteiger charge is 2.05. The number of rotatable bonds is 3. The van der Waals surface area contributed by atoms with E-state index >= 15 is 0 Å². The van der Waals surface area contributed by atoms with Gasteiger partial charge in [-0.05, 0) is 60.7 Å². The molecule has 0 radical (unpaired) electrons. The van der Waals surface area contributed by atoms with Gasteiger partial charge in [0.25, 0.3) is 0 Å². The molecule has 0 aliphatic rings. The number of carbonyl (C=O) groups is 1. The largest absolute Gasteiger partial charge is 0.287 e. The van der Waals surface area contributed by atoms with E-state index in [0.29, 0.717) is 0 Å². The first-order valence-electron chi connectivity index (χ1n) is 9.33. The Kier molecular flexibility index (Phi) is 5.98. The minimum Gasteiger partial charge on any atom is -0.287 e. The van der Waals surface area contributed by atoms with Gasteiger partial charge < -0.3 is 0 Å². The highest BCUT2D eigenvalue weighted by atomic mass is 32.2. The third-order valence-corrected chi connectivity index (χ3v) is 4.96. The van der Waals surface area contributed by atoms with Crippen LogP contribution in [0.2, 0.25) is 0 Å². The van der Waals surface area contributed by atoms with E-state index in [-0.39, 0.29) is 5.12 Å². The first-order valence-corrected chi connectivity index (χ1v) is 10.1. The molecule has 3 aromatic heterocycles. The van der Waals surface area contributed by atoms with Crippen molar-refractivity contribution in [1.82, 2.24) is 15.0 Å². The Labute approximate surface area is 179 Å². The molecule has 0 aliphatic carbocycles.